The fourth-order valence-corrected chi connectivity index (χ4v) is 3.74. The smallest absolute Gasteiger partial charge is 0.223 e. The summed E-state index contributed by atoms with van der Waals surface area (Å²) in [6.07, 6.45) is 3.11. The molecule has 90 valence electrons. The molecular weight excluding hydrogens is 202 g/mol. The van der Waals surface area contributed by atoms with E-state index in [2.05, 4.69) is 10.2 Å². The van der Waals surface area contributed by atoms with Crippen molar-refractivity contribution in [1.82, 2.24) is 10.2 Å². The molecule has 4 nitrogen and oxygen atoms in total. The van der Waals surface area contributed by atoms with Gasteiger partial charge in [0, 0.05) is 19.0 Å². The van der Waals surface area contributed by atoms with E-state index < -0.39 is 0 Å². The van der Waals surface area contributed by atoms with Gasteiger partial charge in [-0.25, -0.2) is 0 Å². The zero-order chi connectivity index (χ0) is 11.1. The van der Waals surface area contributed by atoms with Gasteiger partial charge in [0.05, 0.1) is 0 Å². The fourth-order valence-electron chi connectivity index (χ4n) is 3.74. The molecule has 3 N–H and O–H groups in total. The monoisotopic (exact) mass is 223 g/mol. The van der Waals surface area contributed by atoms with Gasteiger partial charge in [-0.1, -0.05) is 0 Å². The average Bonchev–Trinajstić information content (AvgIpc) is 2.31. The minimum Gasteiger partial charge on any atom is -0.339 e. The molecule has 3 heterocycles. The van der Waals surface area contributed by atoms with Crippen molar-refractivity contribution in [2.45, 2.75) is 25.3 Å². The molecule has 3 rings (SSSR count). The Kier molecular flexibility index (Phi) is 2.64. The number of carbonyl (C=O) groups excluding carboxylic acids is 1. The number of nitrogens with one attached hydrogen (secondary N) is 1. The Hall–Kier alpha value is -0.610. The van der Waals surface area contributed by atoms with Gasteiger partial charge in [-0.3, -0.25) is 4.79 Å². The normalized spacial score (nSPS) is 43.1. The maximum atomic E-state index is 12.1. The summed E-state index contributed by atoms with van der Waals surface area (Å²) < 4.78 is 0. The van der Waals surface area contributed by atoms with Crippen LogP contribution >= 0.6 is 0 Å². The fraction of sp³-hybridized carbons (Fsp3) is 0.917. The lowest BCUT2D eigenvalue weighted by atomic mass is 9.74. The van der Waals surface area contributed by atoms with Crippen LogP contribution in [-0.2, 0) is 4.79 Å². The van der Waals surface area contributed by atoms with Gasteiger partial charge < -0.3 is 16.0 Å². The quantitative estimate of drug-likeness (QED) is 0.647. The molecule has 4 atom stereocenters. The minimum absolute atomic E-state index is 0.350. The van der Waals surface area contributed by atoms with Gasteiger partial charge in [0.2, 0.25) is 5.91 Å². The van der Waals surface area contributed by atoms with Gasteiger partial charge in [0.15, 0.2) is 0 Å². The molecule has 2 bridgehead atoms. The highest BCUT2D eigenvalue weighted by Gasteiger charge is 2.43. The summed E-state index contributed by atoms with van der Waals surface area (Å²) in [4.78, 5) is 14.2. The van der Waals surface area contributed by atoms with Crippen LogP contribution in [0.4, 0.5) is 0 Å². The van der Waals surface area contributed by atoms with E-state index >= 15 is 0 Å². The molecule has 16 heavy (non-hydrogen) atoms. The molecule has 3 fully saturated rings. The molecule has 0 radical (unpaired) electrons. The van der Waals surface area contributed by atoms with Crippen molar-refractivity contribution < 1.29 is 4.79 Å². The van der Waals surface area contributed by atoms with E-state index in [4.69, 9.17) is 5.73 Å². The van der Waals surface area contributed by atoms with Crippen LogP contribution in [0.25, 0.3) is 0 Å². The van der Waals surface area contributed by atoms with E-state index in [0.717, 1.165) is 26.1 Å². The van der Waals surface area contributed by atoms with E-state index in [-0.39, 0.29) is 0 Å². The standard InChI is InChI=1S/C12H21N3O/c13-4-8-2-11-10-1-9(5-14-6-10)7-15(11)12(16)3-8/h8-11,14H,1-7,13H2/t8-,9-,10+,11+/m0/s1. The Morgan fingerprint density at radius 1 is 1.38 bits per heavy atom. The van der Waals surface area contributed by atoms with E-state index in [1.54, 1.807) is 0 Å². The molecule has 3 aliphatic rings. The Morgan fingerprint density at radius 2 is 2.25 bits per heavy atom. The van der Waals surface area contributed by atoms with Crippen molar-refractivity contribution in [3.05, 3.63) is 0 Å². The molecule has 0 unspecified atom stereocenters. The summed E-state index contributed by atoms with van der Waals surface area (Å²) in [7, 11) is 0. The SMILES string of the molecule is NC[C@@H]1CC(=O)N2C[C@@H]3CNC[C@@H](C3)[C@H]2C1. The molecule has 1 amide bonds. The van der Waals surface area contributed by atoms with Gasteiger partial charge >= 0.3 is 0 Å². The summed E-state index contributed by atoms with van der Waals surface area (Å²) in [5, 5.41) is 3.50. The van der Waals surface area contributed by atoms with Crippen LogP contribution in [0.5, 0.6) is 0 Å². The zero-order valence-electron chi connectivity index (χ0n) is 9.69. The van der Waals surface area contributed by atoms with Crippen LogP contribution in [0.2, 0.25) is 0 Å². The molecule has 0 aromatic carbocycles. The Bertz CT molecular complexity index is 294. The third-order valence-electron chi connectivity index (χ3n) is 4.57. The van der Waals surface area contributed by atoms with Gasteiger partial charge in [-0.15, -0.1) is 0 Å². The van der Waals surface area contributed by atoms with E-state index in [1.165, 1.54) is 6.42 Å². The molecule has 0 aromatic rings. The number of hydrogen-bond acceptors (Lipinski definition) is 3. The third kappa shape index (κ3) is 1.64. The predicted molar refractivity (Wildman–Crippen MR) is 61.7 cm³/mol. The molecular formula is C12H21N3O. The third-order valence-corrected chi connectivity index (χ3v) is 4.57. The molecule has 3 saturated heterocycles. The van der Waals surface area contributed by atoms with Crippen LogP contribution in [0.15, 0.2) is 0 Å². The lowest BCUT2D eigenvalue weighted by Crippen LogP contribution is -2.61. The Balaban J connectivity index is 1.79. The van der Waals surface area contributed by atoms with Crippen LogP contribution in [0, 0.1) is 17.8 Å². The number of amides is 1. The van der Waals surface area contributed by atoms with E-state index in [9.17, 15) is 4.79 Å². The first-order chi connectivity index (χ1) is 7.78. The molecule has 0 saturated carbocycles. The largest absolute Gasteiger partial charge is 0.339 e. The second-order valence-corrected chi connectivity index (χ2v) is 5.68. The topological polar surface area (TPSA) is 58.4 Å². The van der Waals surface area contributed by atoms with Gasteiger partial charge in [0.25, 0.3) is 0 Å². The molecule has 0 spiro atoms. The van der Waals surface area contributed by atoms with Crippen molar-refractivity contribution in [2.24, 2.45) is 23.5 Å². The highest BCUT2D eigenvalue weighted by atomic mass is 16.2. The van der Waals surface area contributed by atoms with Gasteiger partial charge in [0.1, 0.15) is 0 Å². The number of fused-ring (bicyclic) bond motifs is 4. The van der Waals surface area contributed by atoms with Crippen molar-refractivity contribution in [1.29, 1.82) is 0 Å². The first-order valence-electron chi connectivity index (χ1n) is 6.48. The molecule has 3 aliphatic heterocycles. The van der Waals surface area contributed by atoms with Crippen molar-refractivity contribution in [2.75, 3.05) is 26.2 Å². The minimum atomic E-state index is 0.350. The summed E-state index contributed by atoms with van der Waals surface area (Å²) in [6.45, 7) is 3.82. The zero-order valence-corrected chi connectivity index (χ0v) is 9.69. The number of nitrogens with two attached hydrogens (primary N) is 1. The molecule has 0 aliphatic carbocycles. The van der Waals surface area contributed by atoms with Crippen LogP contribution in [0.3, 0.4) is 0 Å². The Morgan fingerprint density at radius 3 is 3.06 bits per heavy atom. The first-order valence-corrected chi connectivity index (χ1v) is 6.48. The average molecular weight is 223 g/mol. The maximum Gasteiger partial charge on any atom is 0.223 e. The van der Waals surface area contributed by atoms with E-state index in [0.29, 0.717) is 42.7 Å². The first kappa shape index (κ1) is 10.5. The summed E-state index contributed by atoms with van der Waals surface area (Å²) in [5.74, 6) is 2.13. The van der Waals surface area contributed by atoms with Crippen molar-refractivity contribution in [3.63, 3.8) is 0 Å². The van der Waals surface area contributed by atoms with Crippen molar-refractivity contribution >= 4 is 5.91 Å². The lowest BCUT2D eigenvalue weighted by Gasteiger charge is -2.51. The summed E-state index contributed by atoms with van der Waals surface area (Å²) in [5.41, 5.74) is 5.73. The predicted octanol–water partition coefficient (Wildman–Crippen LogP) is -0.208. The number of piperidine rings is 3. The lowest BCUT2D eigenvalue weighted by molar-refractivity contribution is -0.145. The molecule has 4 heteroatoms. The van der Waals surface area contributed by atoms with Gasteiger partial charge in [-0.05, 0) is 50.2 Å². The van der Waals surface area contributed by atoms with Crippen molar-refractivity contribution in [3.8, 4) is 0 Å². The second kappa shape index (κ2) is 4.00. The van der Waals surface area contributed by atoms with E-state index in [1.807, 2.05) is 0 Å². The Labute approximate surface area is 96.5 Å². The summed E-state index contributed by atoms with van der Waals surface area (Å²) >= 11 is 0. The van der Waals surface area contributed by atoms with Gasteiger partial charge in [-0.2, -0.15) is 0 Å². The highest BCUT2D eigenvalue weighted by Crippen LogP contribution is 2.37. The number of carbonyl (C=O) groups is 1. The molecule has 0 aromatic heterocycles. The number of nitrogens with zero attached hydrogens (tertiary/aromatic N) is 1. The summed E-state index contributed by atoms with van der Waals surface area (Å²) in [6, 6.07) is 0.471. The number of rotatable bonds is 1. The van der Waals surface area contributed by atoms with Crippen LogP contribution < -0.4 is 11.1 Å². The van der Waals surface area contributed by atoms with Crippen LogP contribution in [-0.4, -0.2) is 43.0 Å². The van der Waals surface area contributed by atoms with Crippen LogP contribution in [0.1, 0.15) is 19.3 Å². The highest BCUT2D eigenvalue weighted by molar-refractivity contribution is 5.78. The maximum absolute atomic E-state index is 12.1. The number of hydrogen-bond donors (Lipinski definition) is 2. The second-order valence-electron chi connectivity index (χ2n) is 5.68.